The van der Waals surface area contributed by atoms with Gasteiger partial charge in [-0.25, -0.2) is 9.97 Å². The van der Waals surface area contributed by atoms with Gasteiger partial charge in [0.25, 0.3) is 0 Å². The molecule has 1 aliphatic rings. The number of fused-ring (bicyclic) bond motifs is 10. The molecule has 0 saturated carbocycles. The fraction of sp³-hybridized carbons (Fsp3) is 0. The number of benzene rings is 7. The molecule has 4 heterocycles. The summed E-state index contributed by atoms with van der Waals surface area (Å²) >= 11 is 7.30. The van der Waals surface area contributed by atoms with Crippen molar-refractivity contribution in [1.82, 2.24) is 9.97 Å². The average Bonchev–Trinajstić information content (AvgIpc) is 3.89. The highest BCUT2D eigenvalue weighted by Gasteiger charge is 2.29. The van der Waals surface area contributed by atoms with Crippen molar-refractivity contribution in [3.8, 4) is 21.1 Å². The Morgan fingerprint density at radius 2 is 1.10 bits per heavy atom. The molecule has 0 amide bonds. The van der Waals surface area contributed by atoms with Gasteiger partial charge in [-0.05, 0) is 83.6 Å². The van der Waals surface area contributed by atoms with Crippen LogP contribution in [0.15, 0.2) is 149 Å². The summed E-state index contributed by atoms with van der Waals surface area (Å²) in [5, 5.41) is 7.33. The molecule has 7 heteroatoms. The Kier molecular flexibility index (Phi) is 6.10. The summed E-state index contributed by atoms with van der Waals surface area (Å²) in [5.41, 5.74) is 7.90. The third-order valence-corrected chi connectivity index (χ3v) is 14.1. The van der Waals surface area contributed by atoms with Crippen LogP contribution in [0.3, 0.4) is 0 Å². The van der Waals surface area contributed by atoms with Crippen LogP contribution in [0.2, 0.25) is 0 Å². The molecule has 1 aliphatic heterocycles. The number of anilines is 3. The fourth-order valence-electron chi connectivity index (χ4n) is 6.98. The van der Waals surface area contributed by atoms with Crippen LogP contribution in [0.1, 0.15) is 0 Å². The van der Waals surface area contributed by atoms with Gasteiger partial charge in [0.2, 0.25) is 0 Å². The lowest BCUT2D eigenvalue weighted by Gasteiger charge is -2.33. The van der Waals surface area contributed by atoms with E-state index in [-0.39, 0.29) is 0 Å². The van der Waals surface area contributed by atoms with Crippen LogP contribution in [0.4, 0.5) is 17.1 Å². The molecule has 7 aromatic carbocycles. The average molecular weight is 698 g/mol. The lowest BCUT2D eigenvalue weighted by Crippen LogP contribution is -2.14. The van der Waals surface area contributed by atoms with Crippen LogP contribution in [-0.2, 0) is 0 Å². The molecular weight excluding hydrogens is 675 g/mol. The summed E-state index contributed by atoms with van der Waals surface area (Å²) in [6.07, 6.45) is 0. The zero-order valence-corrected chi connectivity index (χ0v) is 29.0. The van der Waals surface area contributed by atoms with Gasteiger partial charge in [0.15, 0.2) is 0 Å². The Bertz CT molecular complexity index is 2870. The van der Waals surface area contributed by atoms with E-state index in [9.17, 15) is 0 Å². The van der Waals surface area contributed by atoms with Gasteiger partial charge in [0.1, 0.15) is 10.0 Å². The second kappa shape index (κ2) is 10.7. The normalized spacial score (nSPS) is 12.8. The van der Waals surface area contributed by atoms with Crippen molar-refractivity contribution in [1.29, 1.82) is 0 Å². The standard InChI is InChI=1S/C42H23N3S4/c1-2-8-28-24(7-1)15-19-29-30-20-22-34-40(39(30)49-38(28)29)46-37-23-26(42-44-32-10-4-6-12-36(32)48-42)16-21-33(37)45(34)27-17-13-25(14-18-27)41-43-31-9-3-5-11-35(31)47-41/h1-23H. The van der Waals surface area contributed by atoms with Gasteiger partial charge < -0.3 is 4.90 Å². The smallest absolute Gasteiger partial charge is 0.124 e. The van der Waals surface area contributed by atoms with Crippen LogP contribution in [0.5, 0.6) is 0 Å². The third-order valence-electron chi connectivity index (χ3n) is 9.33. The van der Waals surface area contributed by atoms with E-state index in [2.05, 4.69) is 144 Å². The van der Waals surface area contributed by atoms with Crippen LogP contribution in [-0.4, -0.2) is 9.97 Å². The van der Waals surface area contributed by atoms with E-state index in [4.69, 9.17) is 9.97 Å². The van der Waals surface area contributed by atoms with Crippen molar-refractivity contribution in [3.05, 3.63) is 140 Å². The highest BCUT2D eigenvalue weighted by Crippen LogP contribution is 2.57. The van der Waals surface area contributed by atoms with E-state index in [1.54, 1.807) is 22.7 Å². The van der Waals surface area contributed by atoms with Crippen molar-refractivity contribution in [2.45, 2.75) is 9.79 Å². The molecule has 0 bridgehead atoms. The molecule has 0 saturated heterocycles. The van der Waals surface area contributed by atoms with Gasteiger partial charge in [-0.15, -0.1) is 34.0 Å². The zero-order chi connectivity index (χ0) is 32.1. The summed E-state index contributed by atoms with van der Waals surface area (Å²) < 4.78 is 5.10. The minimum Gasteiger partial charge on any atom is -0.308 e. The second-order valence-electron chi connectivity index (χ2n) is 12.2. The monoisotopic (exact) mass is 697 g/mol. The Morgan fingerprint density at radius 1 is 0.469 bits per heavy atom. The molecule has 0 atom stereocenters. The number of thiophene rings is 1. The predicted molar refractivity (Wildman–Crippen MR) is 213 cm³/mol. The maximum absolute atomic E-state index is 5.01. The van der Waals surface area contributed by atoms with Gasteiger partial charge in [0.05, 0.1) is 41.4 Å². The van der Waals surface area contributed by atoms with Crippen molar-refractivity contribution < 1.29 is 0 Å². The van der Waals surface area contributed by atoms with E-state index < -0.39 is 0 Å². The molecule has 0 fully saturated rings. The first-order chi connectivity index (χ1) is 24.2. The lowest BCUT2D eigenvalue weighted by atomic mass is 10.1. The number of para-hydroxylation sites is 2. The highest BCUT2D eigenvalue weighted by molar-refractivity contribution is 8.00. The minimum absolute atomic E-state index is 1.04. The molecule has 0 radical (unpaired) electrons. The molecular formula is C42H23N3S4. The van der Waals surface area contributed by atoms with Crippen molar-refractivity contribution in [2.75, 3.05) is 4.90 Å². The maximum Gasteiger partial charge on any atom is 0.124 e. The topological polar surface area (TPSA) is 29.0 Å². The summed E-state index contributed by atoms with van der Waals surface area (Å²) in [4.78, 5) is 14.9. The largest absolute Gasteiger partial charge is 0.308 e. The second-order valence-corrected chi connectivity index (χ2v) is 16.3. The van der Waals surface area contributed by atoms with E-state index in [0.29, 0.717) is 0 Å². The van der Waals surface area contributed by atoms with Gasteiger partial charge in [0, 0.05) is 37.2 Å². The number of rotatable bonds is 3. The molecule has 0 aliphatic carbocycles. The third kappa shape index (κ3) is 4.33. The SMILES string of the molecule is c1ccc2c(c1)ccc1c3ccc4c(c3sc21)Sc1cc(-c2nc3ccccc3s2)ccc1N4c1ccc(-c2nc3ccccc3s2)cc1. The van der Waals surface area contributed by atoms with Crippen molar-refractivity contribution >= 4 is 114 Å². The first-order valence-electron chi connectivity index (χ1n) is 16.1. The Hall–Kier alpha value is -5.05. The van der Waals surface area contributed by atoms with E-state index in [1.807, 2.05) is 23.1 Å². The predicted octanol–water partition coefficient (Wildman–Crippen LogP) is 13.7. The summed E-state index contributed by atoms with van der Waals surface area (Å²) in [6.45, 7) is 0. The number of aromatic nitrogens is 2. The van der Waals surface area contributed by atoms with E-state index in [0.717, 1.165) is 37.9 Å². The van der Waals surface area contributed by atoms with Crippen LogP contribution >= 0.6 is 45.8 Å². The summed E-state index contributed by atoms with van der Waals surface area (Å²) in [7, 11) is 0. The van der Waals surface area contributed by atoms with Crippen LogP contribution in [0.25, 0.3) is 72.5 Å². The zero-order valence-electron chi connectivity index (χ0n) is 25.8. The lowest BCUT2D eigenvalue weighted by molar-refractivity contribution is 1.18. The Labute approximate surface area is 297 Å². The summed E-state index contributed by atoms with van der Waals surface area (Å²) in [6, 6.07) is 50.5. The van der Waals surface area contributed by atoms with Crippen LogP contribution in [0, 0.1) is 0 Å². The fourth-order valence-corrected chi connectivity index (χ4v) is 11.6. The summed E-state index contributed by atoms with van der Waals surface area (Å²) in [5.74, 6) is 0. The van der Waals surface area contributed by atoms with Gasteiger partial charge in [-0.2, -0.15) is 0 Å². The molecule has 49 heavy (non-hydrogen) atoms. The van der Waals surface area contributed by atoms with Gasteiger partial charge in [-0.1, -0.05) is 78.5 Å². The van der Waals surface area contributed by atoms with Gasteiger partial charge >= 0.3 is 0 Å². The molecule has 11 rings (SSSR count). The molecule has 3 aromatic heterocycles. The molecule has 10 aromatic rings. The Balaban J connectivity index is 1.10. The quantitative estimate of drug-likeness (QED) is 0.184. The molecule has 0 N–H and O–H groups in total. The van der Waals surface area contributed by atoms with Crippen LogP contribution < -0.4 is 4.90 Å². The van der Waals surface area contributed by atoms with E-state index >= 15 is 0 Å². The molecule has 230 valence electrons. The molecule has 0 unspecified atom stereocenters. The first-order valence-corrected chi connectivity index (χ1v) is 19.3. The minimum atomic E-state index is 1.04. The first kappa shape index (κ1) is 27.9. The number of thiazole rings is 2. The molecule has 0 spiro atoms. The Morgan fingerprint density at radius 3 is 1.88 bits per heavy atom. The van der Waals surface area contributed by atoms with Crippen molar-refractivity contribution in [3.63, 3.8) is 0 Å². The highest BCUT2D eigenvalue weighted by atomic mass is 32.2. The number of hydrogen-bond donors (Lipinski definition) is 0. The van der Waals surface area contributed by atoms with Gasteiger partial charge in [-0.3, -0.25) is 0 Å². The number of hydrogen-bond acceptors (Lipinski definition) is 7. The van der Waals surface area contributed by atoms with Crippen molar-refractivity contribution in [2.24, 2.45) is 0 Å². The van der Waals surface area contributed by atoms with E-state index in [1.165, 1.54) is 61.5 Å². The molecule has 3 nitrogen and oxygen atoms in total. The number of nitrogens with zero attached hydrogens (tertiary/aromatic N) is 3. The maximum atomic E-state index is 5.01.